The van der Waals surface area contributed by atoms with Crippen molar-refractivity contribution in [2.24, 2.45) is 0 Å². The maximum atomic E-state index is 3.60. The van der Waals surface area contributed by atoms with Crippen LogP contribution in [0.5, 0.6) is 0 Å². The highest BCUT2D eigenvalue weighted by Gasteiger charge is 2.02. The number of halogens is 1. The van der Waals surface area contributed by atoms with Crippen molar-refractivity contribution in [3.05, 3.63) is 33.3 Å². The van der Waals surface area contributed by atoms with Crippen LogP contribution in [0.1, 0.15) is 56.2 Å². The number of nitrogens with one attached hydrogen (secondary N) is 1. The molecule has 19 heavy (non-hydrogen) atoms. The number of unbranched alkanes of at least 4 members (excludes halogenated alkanes) is 3. The average molecular weight is 326 g/mol. The van der Waals surface area contributed by atoms with Gasteiger partial charge in [-0.15, -0.1) is 0 Å². The molecule has 0 spiro atoms. The molecule has 0 radical (unpaired) electrons. The van der Waals surface area contributed by atoms with E-state index >= 15 is 0 Å². The van der Waals surface area contributed by atoms with Crippen LogP contribution < -0.4 is 5.32 Å². The Morgan fingerprint density at radius 3 is 2.37 bits per heavy atom. The summed E-state index contributed by atoms with van der Waals surface area (Å²) in [5.41, 5.74) is 4.28. The second-order valence-corrected chi connectivity index (χ2v) is 6.66. The molecule has 0 aromatic heterocycles. The van der Waals surface area contributed by atoms with Crippen LogP contribution in [0.25, 0.3) is 0 Å². The molecule has 0 bridgehead atoms. The molecular formula is C17H28BrN. The van der Waals surface area contributed by atoms with Crippen molar-refractivity contribution in [1.29, 1.82) is 0 Å². The zero-order valence-corrected chi connectivity index (χ0v) is 14.4. The lowest BCUT2D eigenvalue weighted by Crippen LogP contribution is -2.23. The molecule has 1 rings (SSSR count). The van der Waals surface area contributed by atoms with E-state index in [1.165, 1.54) is 53.3 Å². The Bertz CT molecular complexity index is 385. The number of aryl methyl sites for hydroxylation is 3. The Kier molecular flexibility index (Phi) is 7.70. The molecule has 0 unspecified atom stereocenters. The lowest BCUT2D eigenvalue weighted by Gasteiger charge is -2.10. The maximum absolute atomic E-state index is 3.60. The number of hydrogen-bond acceptors (Lipinski definition) is 1. The molecule has 0 amide bonds. The monoisotopic (exact) mass is 325 g/mol. The minimum atomic E-state index is 0.619. The molecule has 0 saturated carbocycles. The van der Waals surface area contributed by atoms with Gasteiger partial charge in [0.15, 0.2) is 0 Å². The van der Waals surface area contributed by atoms with Crippen LogP contribution in [0.4, 0.5) is 0 Å². The van der Waals surface area contributed by atoms with E-state index in [1.807, 2.05) is 0 Å². The molecule has 0 aliphatic heterocycles. The first-order valence-electron chi connectivity index (χ1n) is 7.49. The molecule has 1 aromatic rings. The lowest BCUT2D eigenvalue weighted by atomic mass is 9.99. The van der Waals surface area contributed by atoms with Crippen molar-refractivity contribution < 1.29 is 0 Å². The molecule has 1 aromatic carbocycles. The van der Waals surface area contributed by atoms with Gasteiger partial charge in [-0.2, -0.15) is 0 Å². The van der Waals surface area contributed by atoms with Gasteiger partial charge in [-0.05, 0) is 62.4 Å². The molecule has 0 heterocycles. The van der Waals surface area contributed by atoms with E-state index in [4.69, 9.17) is 0 Å². The minimum absolute atomic E-state index is 0.619. The van der Waals surface area contributed by atoms with E-state index in [0.717, 1.165) is 6.54 Å². The molecular weight excluding hydrogens is 298 g/mol. The topological polar surface area (TPSA) is 12.0 Å². The Morgan fingerprint density at radius 2 is 1.68 bits per heavy atom. The molecule has 0 aliphatic carbocycles. The van der Waals surface area contributed by atoms with Gasteiger partial charge in [0.2, 0.25) is 0 Å². The fourth-order valence-electron chi connectivity index (χ4n) is 2.29. The second kappa shape index (κ2) is 8.76. The van der Waals surface area contributed by atoms with Crippen LogP contribution in [0.2, 0.25) is 0 Å². The largest absolute Gasteiger partial charge is 0.315 e. The number of benzene rings is 1. The van der Waals surface area contributed by atoms with Gasteiger partial charge < -0.3 is 5.32 Å². The van der Waals surface area contributed by atoms with Crippen LogP contribution in [0.3, 0.4) is 0 Å². The predicted molar refractivity (Wildman–Crippen MR) is 88.9 cm³/mol. The van der Waals surface area contributed by atoms with Gasteiger partial charge in [-0.3, -0.25) is 0 Å². The first-order valence-corrected chi connectivity index (χ1v) is 8.29. The third-order valence-electron chi connectivity index (χ3n) is 3.54. The second-order valence-electron chi connectivity index (χ2n) is 5.80. The van der Waals surface area contributed by atoms with E-state index in [-0.39, 0.29) is 0 Å². The van der Waals surface area contributed by atoms with Gasteiger partial charge in [0.1, 0.15) is 0 Å². The van der Waals surface area contributed by atoms with Gasteiger partial charge in [0, 0.05) is 10.5 Å². The van der Waals surface area contributed by atoms with Crippen molar-refractivity contribution in [2.75, 3.05) is 6.54 Å². The molecule has 0 atom stereocenters. The summed E-state index contributed by atoms with van der Waals surface area (Å²) in [7, 11) is 0. The van der Waals surface area contributed by atoms with E-state index in [2.05, 4.69) is 61.1 Å². The van der Waals surface area contributed by atoms with Crippen molar-refractivity contribution in [3.63, 3.8) is 0 Å². The highest BCUT2D eigenvalue weighted by Crippen LogP contribution is 2.22. The van der Waals surface area contributed by atoms with Crippen LogP contribution in [0, 0.1) is 13.8 Å². The molecule has 2 heteroatoms. The lowest BCUT2D eigenvalue weighted by molar-refractivity contribution is 0.541. The Hall–Kier alpha value is -0.340. The third kappa shape index (κ3) is 6.58. The summed E-state index contributed by atoms with van der Waals surface area (Å²) in [5.74, 6) is 0. The van der Waals surface area contributed by atoms with Crippen LogP contribution in [0.15, 0.2) is 16.6 Å². The fourth-order valence-corrected chi connectivity index (χ4v) is 2.75. The highest BCUT2D eigenvalue weighted by molar-refractivity contribution is 9.10. The number of hydrogen-bond donors (Lipinski definition) is 1. The smallest absolute Gasteiger partial charge is 0.0207 e. The maximum Gasteiger partial charge on any atom is 0.0207 e. The highest BCUT2D eigenvalue weighted by atomic mass is 79.9. The first-order chi connectivity index (χ1) is 9.00. The van der Waals surface area contributed by atoms with Crippen LogP contribution >= 0.6 is 15.9 Å². The van der Waals surface area contributed by atoms with Gasteiger partial charge in [-0.25, -0.2) is 0 Å². The zero-order chi connectivity index (χ0) is 14.3. The molecule has 0 fully saturated rings. The van der Waals surface area contributed by atoms with Gasteiger partial charge in [0.05, 0.1) is 0 Å². The molecule has 108 valence electrons. The Labute approximate surface area is 127 Å². The Morgan fingerprint density at radius 1 is 1.00 bits per heavy atom. The quantitative estimate of drug-likeness (QED) is 0.650. The fraction of sp³-hybridized carbons (Fsp3) is 0.647. The van der Waals surface area contributed by atoms with Crippen molar-refractivity contribution in [3.8, 4) is 0 Å². The SMILES string of the molecule is Cc1cc(CCCCCCNC(C)C)c(C)cc1Br. The summed E-state index contributed by atoms with van der Waals surface area (Å²) in [5, 5.41) is 3.47. The Balaban J connectivity index is 2.21. The molecule has 0 aliphatic rings. The standard InChI is InChI=1S/C17H28BrN/c1-13(2)19-10-8-6-5-7-9-16-11-15(4)17(18)12-14(16)3/h11-13,19H,5-10H2,1-4H3. The van der Waals surface area contributed by atoms with E-state index in [1.54, 1.807) is 0 Å². The van der Waals surface area contributed by atoms with Crippen molar-refractivity contribution in [2.45, 2.75) is 65.8 Å². The average Bonchev–Trinajstić information content (AvgIpc) is 2.33. The van der Waals surface area contributed by atoms with Crippen molar-refractivity contribution in [1.82, 2.24) is 5.32 Å². The summed E-state index contributed by atoms with van der Waals surface area (Å²) in [4.78, 5) is 0. The zero-order valence-electron chi connectivity index (χ0n) is 12.9. The van der Waals surface area contributed by atoms with E-state index in [9.17, 15) is 0 Å². The first kappa shape index (κ1) is 16.7. The van der Waals surface area contributed by atoms with Gasteiger partial charge in [0.25, 0.3) is 0 Å². The predicted octanol–water partition coefficient (Wildman–Crippen LogP) is 5.17. The van der Waals surface area contributed by atoms with Crippen molar-refractivity contribution >= 4 is 15.9 Å². The van der Waals surface area contributed by atoms with E-state index in [0.29, 0.717) is 6.04 Å². The number of rotatable bonds is 8. The summed E-state index contributed by atoms with van der Waals surface area (Å²) < 4.78 is 1.23. The third-order valence-corrected chi connectivity index (χ3v) is 4.40. The molecule has 0 saturated heterocycles. The molecule has 1 nitrogen and oxygen atoms in total. The minimum Gasteiger partial charge on any atom is -0.315 e. The van der Waals surface area contributed by atoms with Gasteiger partial charge in [-0.1, -0.05) is 48.7 Å². The summed E-state index contributed by atoms with van der Waals surface area (Å²) in [6.45, 7) is 9.96. The summed E-state index contributed by atoms with van der Waals surface area (Å²) in [6, 6.07) is 5.20. The van der Waals surface area contributed by atoms with Crippen LogP contribution in [-0.2, 0) is 6.42 Å². The normalized spacial score (nSPS) is 11.3. The molecule has 1 N–H and O–H groups in total. The van der Waals surface area contributed by atoms with Gasteiger partial charge >= 0.3 is 0 Å². The van der Waals surface area contributed by atoms with Crippen LogP contribution in [-0.4, -0.2) is 12.6 Å². The van der Waals surface area contributed by atoms with E-state index < -0.39 is 0 Å². The summed E-state index contributed by atoms with van der Waals surface area (Å²) >= 11 is 3.60. The summed E-state index contributed by atoms with van der Waals surface area (Å²) in [6.07, 6.45) is 6.51.